The number of carbonyl (C=O) groups excluding carboxylic acids is 6. The molecule has 4 aliphatic rings. The predicted molar refractivity (Wildman–Crippen MR) is 264 cm³/mol. The number of ether oxygens (including phenoxy) is 5. The number of hydrogen-bond donors (Lipinski definition) is 3. The summed E-state index contributed by atoms with van der Waals surface area (Å²) < 4.78 is 29.6. The smallest absolute Gasteiger partial charge is 0.329 e. The number of carboxylic acid groups (broad SMARTS) is 1. The number of piperidine rings is 1. The summed E-state index contributed by atoms with van der Waals surface area (Å²) >= 11 is 0. The van der Waals surface area contributed by atoms with Gasteiger partial charge in [0.2, 0.25) is 5.79 Å². The van der Waals surface area contributed by atoms with Crippen molar-refractivity contribution in [2.24, 2.45) is 41.4 Å². The summed E-state index contributed by atoms with van der Waals surface area (Å²) in [6.07, 6.45) is 11.2. The molecule has 16 heteroatoms. The number of aliphatic hydroxyl groups excluding tert-OH is 1. The van der Waals surface area contributed by atoms with Crippen molar-refractivity contribution in [1.29, 1.82) is 0 Å². The van der Waals surface area contributed by atoms with E-state index in [4.69, 9.17) is 28.8 Å². The number of carboxylic acids is 1. The van der Waals surface area contributed by atoms with E-state index in [2.05, 4.69) is 0 Å². The molecule has 0 unspecified atom stereocenters. The van der Waals surface area contributed by atoms with Crippen LogP contribution in [0, 0.1) is 41.4 Å². The lowest BCUT2D eigenvalue weighted by molar-refractivity contribution is -0.265. The summed E-state index contributed by atoms with van der Waals surface area (Å²) in [5, 5.41) is 32.4. The second-order valence-electron chi connectivity index (χ2n) is 21.1. The number of allylic oxidation sites excluding steroid dienone is 6. The fourth-order valence-corrected chi connectivity index (χ4v) is 10.7. The summed E-state index contributed by atoms with van der Waals surface area (Å²) in [6, 6.07) is -1.18. The number of fused-ring (bicyclic) bond motifs is 3. The van der Waals surface area contributed by atoms with Gasteiger partial charge in [-0.1, -0.05) is 78.0 Å². The molecule has 2 saturated heterocycles. The zero-order valence-electron chi connectivity index (χ0n) is 43.8. The van der Waals surface area contributed by atoms with E-state index >= 15 is 0 Å². The predicted octanol–water partition coefficient (Wildman–Crippen LogP) is 7.22. The second-order valence-corrected chi connectivity index (χ2v) is 21.1. The highest BCUT2D eigenvalue weighted by Gasteiger charge is 2.53. The molecule has 0 aromatic heterocycles. The number of aliphatic carboxylic acids is 1. The molecule has 3 N–H and O–H groups in total. The number of rotatable bonds is 9. The molecule has 1 aliphatic carbocycles. The van der Waals surface area contributed by atoms with Crippen LogP contribution in [0.2, 0.25) is 0 Å². The summed E-state index contributed by atoms with van der Waals surface area (Å²) in [5.41, 5.74) is 1.33. The summed E-state index contributed by atoms with van der Waals surface area (Å²) in [4.78, 5) is 95.6. The van der Waals surface area contributed by atoms with Crippen molar-refractivity contribution >= 4 is 41.2 Å². The van der Waals surface area contributed by atoms with Crippen LogP contribution in [-0.2, 0) is 57.2 Å². The fourth-order valence-electron chi connectivity index (χ4n) is 10.7. The van der Waals surface area contributed by atoms with Gasteiger partial charge in [0.05, 0.1) is 37.3 Å². The number of methoxy groups -OCH3 is 2. The van der Waals surface area contributed by atoms with Gasteiger partial charge >= 0.3 is 17.9 Å². The molecule has 16 nitrogen and oxygen atoms in total. The molecule has 0 radical (unpaired) electrons. The van der Waals surface area contributed by atoms with E-state index in [0.29, 0.717) is 69.8 Å². The highest BCUT2D eigenvalue weighted by Crippen LogP contribution is 2.38. The minimum absolute atomic E-state index is 0.00848. The van der Waals surface area contributed by atoms with Crippen LogP contribution in [0.15, 0.2) is 47.6 Å². The standard InChI is InChI=1S/C55H83NO15/c1-32-16-12-11-13-17-33(2)45(67-9)30-41-21-19-38(7)55(66,71-41)52(63)53(64)56-25-15-14-18-42(56)54(65)70-46(31-43(57)34(3)27-37(6)51(62)39(8)50(61)36(5)26-32)35(4)28-40-20-22-44(47(29-40)68-10)69-49(60)24-23-48(58)59/h11-13,16-17,27,32,34-36,38-42,44-47,51,62,66H,14-15,18-26,28-31H2,1-10H3,(H,58,59)/b13-11?,16-12+,33-17?,37-27+/t32-,34-,35-,36-,38-,39+,40+,41+,42+,44-,45+,46+,47-,51-,55-/m1/s1. The number of Topliss-reactive ketones (excluding diaryl/α,β-unsaturated/α-hetero) is 3. The molecule has 1 amide bonds. The first-order valence-electron chi connectivity index (χ1n) is 25.9. The highest BCUT2D eigenvalue weighted by atomic mass is 16.6. The van der Waals surface area contributed by atoms with Crippen LogP contribution in [0.5, 0.6) is 0 Å². The number of aliphatic hydroxyl groups is 2. The van der Waals surface area contributed by atoms with E-state index < -0.39 is 102 Å². The Morgan fingerprint density at radius 3 is 2.25 bits per heavy atom. The molecule has 0 aromatic carbocycles. The summed E-state index contributed by atoms with van der Waals surface area (Å²) in [5.74, 6) is -10.5. The number of hydrogen-bond acceptors (Lipinski definition) is 14. The topological polar surface area (TPSA) is 230 Å². The zero-order chi connectivity index (χ0) is 52.7. The number of nitrogens with zero attached hydrogens (tertiary/aromatic N) is 1. The third kappa shape index (κ3) is 16.6. The molecule has 3 fully saturated rings. The minimum atomic E-state index is -2.46. The third-order valence-electron chi connectivity index (χ3n) is 15.4. The number of cyclic esters (lactones) is 1. The van der Waals surface area contributed by atoms with Gasteiger partial charge in [0.1, 0.15) is 29.8 Å². The van der Waals surface area contributed by atoms with E-state index in [1.807, 2.05) is 58.1 Å². The maximum atomic E-state index is 14.5. The molecular weight excluding hydrogens is 915 g/mol. The first-order valence-corrected chi connectivity index (χ1v) is 25.9. The van der Waals surface area contributed by atoms with E-state index in [-0.39, 0.29) is 61.5 Å². The van der Waals surface area contributed by atoms with Crippen molar-refractivity contribution in [3.63, 3.8) is 0 Å². The zero-order valence-corrected chi connectivity index (χ0v) is 43.8. The Kier molecular flexibility index (Phi) is 23.0. The van der Waals surface area contributed by atoms with Crippen LogP contribution in [0.1, 0.15) is 145 Å². The molecule has 3 heterocycles. The number of amides is 1. The molecule has 15 atom stereocenters. The summed E-state index contributed by atoms with van der Waals surface area (Å²) in [6.45, 7) is 14.4. The van der Waals surface area contributed by atoms with Crippen molar-refractivity contribution in [3.05, 3.63) is 47.6 Å². The SMILES string of the molecule is CO[C@H]1C[C@@H]2CC[C@@H](C)[C@@](O)(O2)C(=O)C(=O)N2CCCC[C@H]2C(=O)O[C@H]([C@H](C)C[C@@H]2CC[C@@H](OC(=O)CCC(=O)O)[C@H](OC)C2)CC(=O)[C@H](C)/C=C(\C)[C@@H](O)[C@@H](C)C(=O)[C@H](C)C[C@H](C)/C=C/C=CC=C1C. The van der Waals surface area contributed by atoms with Crippen molar-refractivity contribution in [3.8, 4) is 0 Å². The van der Waals surface area contributed by atoms with E-state index in [1.54, 1.807) is 40.9 Å². The highest BCUT2D eigenvalue weighted by molar-refractivity contribution is 6.39. The molecule has 71 heavy (non-hydrogen) atoms. The average molecular weight is 998 g/mol. The Hall–Kier alpha value is -4.35. The van der Waals surface area contributed by atoms with Crippen LogP contribution in [0.3, 0.4) is 0 Å². The molecule has 3 aliphatic heterocycles. The Morgan fingerprint density at radius 1 is 0.859 bits per heavy atom. The Balaban J connectivity index is 1.67. The normalized spacial score (nSPS) is 36.6. The number of esters is 2. The van der Waals surface area contributed by atoms with Gasteiger partial charge in [-0.25, -0.2) is 4.79 Å². The fraction of sp³-hybridized carbons (Fsp3) is 0.727. The lowest BCUT2D eigenvalue weighted by Crippen LogP contribution is -2.61. The van der Waals surface area contributed by atoms with Crippen molar-refractivity contribution in [2.45, 2.75) is 194 Å². The van der Waals surface area contributed by atoms with Crippen LogP contribution < -0.4 is 0 Å². The molecule has 4 rings (SSSR count). The first kappa shape index (κ1) is 59.2. The Bertz CT molecular complexity index is 1990. The largest absolute Gasteiger partial charge is 0.481 e. The van der Waals surface area contributed by atoms with Gasteiger partial charge in [-0.15, -0.1) is 0 Å². The van der Waals surface area contributed by atoms with Gasteiger partial charge in [0.25, 0.3) is 11.7 Å². The average Bonchev–Trinajstić information content (AvgIpc) is 3.34. The van der Waals surface area contributed by atoms with Crippen molar-refractivity contribution in [2.75, 3.05) is 20.8 Å². The number of ketones is 3. The molecule has 398 valence electrons. The summed E-state index contributed by atoms with van der Waals surface area (Å²) in [7, 11) is 3.08. The minimum Gasteiger partial charge on any atom is -0.481 e. The van der Waals surface area contributed by atoms with Gasteiger partial charge in [-0.05, 0) is 107 Å². The molecule has 0 aromatic rings. The maximum Gasteiger partial charge on any atom is 0.329 e. The quantitative estimate of drug-likeness (QED) is 0.118. The monoisotopic (exact) mass is 998 g/mol. The van der Waals surface area contributed by atoms with Gasteiger partial charge in [-0.2, -0.15) is 0 Å². The van der Waals surface area contributed by atoms with Crippen molar-refractivity contribution in [1.82, 2.24) is 4.90 Å². The Morgan fingerprint density at radius 2 is 1.58 bits per heavy atom. The van der Waals surface area contributed by atoms with Crippen LogP contribution in [0.4, 0.5) is 0 Å². The second kappa shape index (κ2) is 27.6. The van der Waals surface area contributed by atoms with Gasteiger partial charge in [0, 0.05) is 57.3 Å². The van der Waals surface area contributed by atoms with Crippen LogP contribution in [-0.4, -0.2) is 131 Å². The van der Waals surface area contributed by atoms with Gasteiger partial charge < -0.3 is 43.9 Å². The van der Waals surface area contributed by atoms with E-state index in [1.165, 1.54) is 12.0 Å². The van der Waals surface area contributed by atoms with Gasteiger partial charge in [-0.3, -0.25) is 28.8 Å². The lowest BCUT2D eigenvalue weighted by atomic mass is 9.78. The molecule has 2 bridgehead atoms. The van der Waals surface area contributed by atoms with E-state index in [0.717, 1.165) is 5.57 Å². The molecule has 1 saturated carbocycles. The van der Waals surface area contributed by atoms with E-state index in [9.17, 15) is 43.8 Å². The molecular formula is C55H83NO15. The van der Waals surface area contributed by atoms with Crippen LogP contribution >= 0.6 is 0 Å². The van der Waals surface area contributed by atoms with Crippen LogP contribution in [0.25, 0.3) is 0 Å². The Labute approximate surface area is 421 Å². The molecule has 0 spiro atoms. The maximum absolute atomic E-state index is 14.5. The van der Waals surface area contributed by atoms with Crippen molar-refractivity contribution < 1.29 is 72.6 Å². The van der Waals surface area contributed by atoms with Gasteiger partial charge in [0.15, 0.2) is 0 Å². The lowest BCUT2D eigenvalue weighted by Gasteiger charge is -2.42. The third-order valence-corrected chi connectivity index (χ3v) is 15.4. The first-order chi connectivity index (χ1) is 33.5. The number of carbonyl (C=O) groups is 7.